The van der Waals surface area contributed by atoms with Crippen LogP contribution in [-0.4, -0.2) is 46.4 Å². The number of carbonyl (C=O) groups is 2. The Hall–Kier alpha value is -3.79. The van der Waals surface area contributed by atoms with E-state index < -0.39 is 15.7 Å². The molecule has 3 aromatic heterocycles. The number of benzene rings is 1. The van der Waals surface area contributed by atoms with Crippen molar-refractivity contribution in [2.24, 2.45) is 0 Å². The lowest BCUT2D eigenvalue weighted by molar-refractivity contribution is 0.101. The number of rotatable bonds is 5. The van der Waals surface area contributed by atoms with Crippen molar-refractivity contribution < 1.29 is 22.4 Å². The van der Waals surface area contributed by atoms with Crippen LogP contribution in [0, 0.1) is 6.92 Å². The van der Waals surface area contributed by atoms with E-state index in [4.69, 9.17) is 9.40 Å². The largest absolute Gasteiger partial charge is 0.463 e. The highest BCUT2D eigenvalue weighted by atomic mass is 32.2. The molecule has 174 valence electrons. The van der Waals surface area contributed by atoms with E-state index in [1.54, 1.807) is 54.1 Å². The van der Waals surface area contributed by atoms with Gasteiger partial charge in [0.15, 0.2) is 27.0 Å². The standard InChI is InChI=1S/C24H22N4O5S/c1-14-22-19(24(30)25-17-6-3-5-16(11-17)15(2)29)12-20(21-7-4-9-33-21)26-23(22)28(27-14)18-8-10-34(31,32)13-18/h3-7,9,11-12,18H,8,10,13H2,1-2H3,(H,25,30)/t18-/m0/s1. The number of Topliss-reactive ketones (excluding diaryl/α,β-unsaturated/α-hetero) is 1. The number of carbonyl (C=O) groups excluding carboxylic acids is 2. The lowest BCUT2D eigenvalue weighted by atomic mass is 10.1. The van der Waals surface area contributed by atoms with Gasteiger partial charge in [-0.05, 0) is 50.6 Å². The Morgan fingerprint density at radius 3 is 2.68 bits per heavy atom. The number of aromatic nitrogens is 3. The molecule has 0 radical (unpaired) electrons. The van der Waals surface area contributed by atoms with E-state index in [9.17, 15) is 18.0 Å². The molecule has 5 rings (SSSR count). The molecule has 1 aliphatic rings. The van der Waals surface area contributed by atoms with Crippen molar-refractivity contribution in [3.8, 4) is 11.5 Å². The first-order valence-electron chi connectivity index (χ1n) is 10.8. The molecule has 34 heavy (non-hydrogen) atoms. The average Bonchev–Trinajstić information content (AvgIpc) is 3.52. The molecular formula is C24H22N4O5S. The van der Waals surface area contributed by atoms with Crippen LogP contribution in [0.2, 0.25) is 0 Å². The minimum Gasteiger partial charge on any atom is -0.463 e. The number of hydrogen-bond acceptors (Lipinski definition) is 7. The summed E-state index contributed by atoms with van der Waals surface area (Å²) in [5.74, 6) is 0.0399. The second kappa shape index (κ2) is 8.21. The molecule has 0 spiro atoms. The molecule has 4 aromatic rings. The second-order valence-electron chi connectivity index (χ2n) is 8.41. The Morgan fingerprint density at radius 2 is 2.00 bits per heavy atom. The van der Waals surface area contributed by atoms with Gasteiger partial charge in [0, 0.05) is 11.3 Å². The second-order valence-corrected chi connectivity index (χ2v) is 10.6. The fourth-order valence-electron chi connectivity index (χ4n) is 4.28. The Morgan fingerprint density at radius 1 is 1.18 bits per heavy atom. The van der Waals surface area contributed by atoms with Gasteiger partial charge in [-0.2, -0.15) is 5.10 Å². The van der Waals surface area contributed by atoms with E-state index in [0.29, 0.717) is 51.4 Å². The van der Waals surface area contributed by atoms with Gasteiger partial charge in [0.2, 0.25) is 0 Å². The number of pyridine rings is 1. The van der Waals surface area contributed by atoms with Gasteiger partial charge in [-0.1, -0.05) is 12.1 Å². The summed E-state index contributed by atoms with van der Waals surface area (Å²) in [7, 11) is -3.15. The fraction of sp³-hybridized carbons (Fsp3) is 0.250. The minimum atomic E-state index is -3.15. The maximum absolute atomic E-state index is 13.4. The third-order valence-electron chi connectivity index (χ3n) is 5.94. The van der Waals surface area contributed by atoms with E-state index in [1.165, 1.54) is 13.2 Å². The molecule has 0 bridgehead atoms. The maximum atomic E-state index is 13.4. The zero-order valence-corrected chi connectivity index (χ0v) is 19.4. The van der Waals surface area contributed by atoms with Crippen molar-refractivity contribution in [1.82, 2.24) is 14.8 Å². The molecule has 1 atom stereocenters. The van der Waals surface area contributed by atoms with Crippen molar-refractivity contribution in [1.29, 1.82) is 0 Å². The fourth-order valence-corrected chi connectivity index (χ4v) is 5.97. The first-order chi connectivity index (χ1) is 16.2. The van der Waals surface area contributed by atoms with Gasteiger partial charge in [-0.15, -0.1) is 0 Å². The van der Waals surface area contributed by atoms with E-state index in [-0.39, 0.29) is 23.3 Å². The summed E-state index contributed by atoms with van der Waals surface area (Å²) in [6.45, 7) is 3.23. The van der Waals surface area contributed by atoms with Gasteiger partial charge < -0.3 is 9.73 Å². The molecule has 1 amide bonds. The van der Waals surface area contributed by atoms with Crippen LogP contribution >= 0.6 is 0 Å². The topological polar surface area (TPSA) is 124 Å². The zero-order valence-electron chi connectivity index (χ0n) is 18.6. The van der Waals surface area contributed by atoms with Crippen LogP contribution in [0.3, 0.4) is 0 Å². The summed E-state index contributed by atoms with van der Waals surface area (Å²) in [5, 5.41) is 7.98. The molecule has 1 fully saturated rings. The molecule has 1 aromatic carbocycles. The zero-order chi connectivity index (χ0) is 24.0. The van der Waals surface area contributed by atoms with Gasteiger partial charge in [0.25, 0.3) is 5.91 Å². The number of nitrogens with one attached hydrogen (secondary N) is 1. The number of amides is 1. The number of nitrogens with zero attached hydrogens (tertiary/aromatic N) is 3. The Bertz CT molecular complexity index is 1540. The lowest BCUT2D eigenvalue weighted by Gasteiger charge is -2.12. The normalized spacial score (nSPS) is 17.2. The van der Waals surface area contributed by atoms with Gasteiger partial charge in [0.05, 0.1) is 40.5 Å². The molecular weight excluding hydrogens is 456 g/mol. The first kappa shape index (κ1) is 22.0. The van der Waals surface area contributed by atoms with Crippen molar-refractivity contribution >= 4 is 38.2 Å². The quantitative estimate of drug-likeness (QED) is 0.433. The number of hydrogen-bond donors (Lipinski definition) is 1. The summed E-state index contributed by atoms with van der Waals surface area (Å²) in [6, 6.07) is 11.4. The molecule has 0 aliphatic carbocycles. The van der Waals surface area contributed by atoms with Gasteiger partial charge in [-0.25, -0.2) is 18.1 Å². The third kappa shape index (κ3) is 4.01. The van der Waals surface area contributed by atoms with Crippen LogP contribution in [-0.2, 0) is 9.84 Å². The number of aryl methyl sites for hydroxylation is 1. The van der Waals surface area contributed by atoms with Crippen molar-refractivity contribution in [2.75, 3.05) is 16.8 Å². The van der Waals surface area contributed by atoms with Crippen molar-refractivity contribution in [3.05, 3.63) is 65.5 Å². The SMILES string of the molecule is CC(=O)c1cccc(NC(=O)c2cc(-c3ccco3)nc3c2c(C)nn3[C@H]2CCS(=O)(=O)C2)c1. The highest BCUT2D eigenvalue weighted by Gasteiger charge is 2.32. The monoisotopic (exact) mass is 478 g/mol. The highest BCUT2D eigenvalue weighted by molar-refractivity contribution is 7.91. The summed E-state index contributed by atoms with van der Waals surface area (Å²) in [6.07, 6.45) is 1.95. The van der Waals surface area contributed by atoms with Crippen LogP contribution < -0.4 is 5.32 Å². The Balaban J connectivity index is 1.64. The van der Waals surface area contributed by atoms with E-state index in [0.717, 1.165) is 0 Å². The van der Waals surface area contributed by atoms with Crippen LogP contribution in [0.4, 0.5) is 5.69 Å². The van der Waals surface area contributed by atoms with Crippen molar-refractivity contribution in [3.63, 3.8) is 0 Å². The average molecular weight is 479 g/mol. The molecule has 1 saturated heterocycles. The summed E-state index contributed by atoms with van der Waals surface area (Å²) in [5.41, 5.74) is 2.72. The molecule has 1 N–H and O–H groups in total. The molecule has 1 aliphatic heterocycles. The number of fused-ring (bicyclic) bond motifs is 1. The number of sulfone groups is 1. The summed E-state index contributed by atoms with van der Waals surface area (Å²) < 4.78 is 31.3. The van der Waals surface area contributed by atoms with Crippen LogP contribution in [0.5, 0.6) is 0 Å². The predicted octanol–water partition coefficient (Wildman–Crippen LogP) is 3.81. The predicted molar refractivity (Wildman–Crippen MR) is 127 cm³/mol. The van der Waals surface area contributed by atoms with Crippen LogP contribution in [0.1, 0.15) is 45.8 Å². The molecule has 10 heteroatoms. The van der Waals surface area contributed by atoms with E-state index >= 15 is 0 Å². The molecule has 9 nitrogen and oxygen atoms in total. The number of anilines is 1. The third-order valence-corrected chi connectivity index (χ3v) is 7.69. The first-order valence-corrected chi connectivity index (χ1v) is 12.6. The van der Waals surface area contributed by atoms with Gasteiger partial charge in [-0.3, -0.25) is 9.59 Å². The molecule has 0 saturated carbocycles. The van der Waals surface area contributed by atoms with Gasteiger partial charge >= 0.3 is 0 Å². The molecule has 4 heterocycles. The minimum absolute atomic E-state index is 0.0186. The number of furan rings is 1. The number of ketones is 1. The maximum Gasteiger partial charge on any atom is 0.256 e. The van der Waals surface area contributed by atoms with Crippen LogP contribution in [0.15, 0.2) is 53.1 Å². The van der Waals surface area contributed by atoms with E-state index in [1.807, 2.05) is 0 Å². The smallest absolute Gasteiger partial charge is 0.256 e. The van der Waals surface area contributed by atoms with E-state index in [2.05, 4.69) is 10.4 Å². The summed E-state index contributed by atoms with van der Waals surface area (Å²) in [4.78, 5) is 29.9. The lowest BCUT2D eigenvalue weighted by Crippen LogP contribution is -2.15. The van der Waals surface area contributed by atoms with Crippen molar-refractivity contribution in [2.45, 2.75) is 26.3 Å². The molecule has 0 unspecified atom stereocenters. The Kier molecular flexibility index (Phi) is 5.32. The van der Waals surface area contributed by atoms with Gasteiger partial charge in [0.1, 0.15) is 5.69 Å². The highest BCUT2D eigenvalue weighted by Crippen LogP contribution is 2.32. The van der Waals surface area contributed by atoms with Crippen LogP contribution in [0.25, 0.3) is 22.5 Å². The summed E-state index contributed by atoms with van der Waals surface area (Å²) >= 11 is 0. The Labute approximate surface area is 195 Å².